The van der Waals surface area contributed by atoms with Gasteiger partial charge in [-0.2, -0.15) is 0 Å². The van der Waals surface area contributed by atoms with Gasteiger partial charge in [0.15, 0.2) is 0 Å². The molecular weight excluding hydrogens is 204 g/mol. The maximum Gasteiger partial charge on any atom is 0.306 e. The van der Waals surface area contributed by atoms with Crippen LogP contribution in [0.1, 0.15) is 39.0 Å². The number of ether oxygens (including phenoxy) is 1. The van der Waals surface area contributed by atoms with E-state index in [1.807, 2.05) is 0 Å². The second kappa shape index (κ2) is 4.40. The maximum atomic E-state index is 12.0. The quantitative estimate of drug-likeness (QED) is 0.543. The Morgan fingerprint density at radius 2 is 2.25 bits per heavy atom. The molecule has 0 bridgehead atoms. The first-order valence-corrected chi connectivity index (χ1v) is 6.03. The lowest BCUT2D eigenvalue weighted by Gasteiger charge is -2.36. The Balaban J connectivity index is 2.16. The molecule has 3 heteroatoms. The van der Waals surface area contributed by atoms with Crippen molar-refractivity contribution in [2.75, 3.05) is 6.61 Å². The summed E-state index contributed by atoms with van der Waals surface area (Å²) in [4.78, 5) is 23.2. The highest BCUT2D eigenvalue weighted by Gasteiger charge is 2.52. The average Bonchev–Trinajstić information content (AvgIpc) is 2.58. The summed E-state index contributed by atoms with van der Waals surface area (Å²) in [5.74, 6) is 0.350. The van der Waals surface area contributed by atoms with Crippen LogP contribution in [0, 0.1) is 11.3 Å². The van der Waals surface area contributed by atoms with Gasteiger partial charge in [0, 0.05) is 12.8 Å². The summed E-state index contributed by atoms with van der Waals surface area (Å²) >= 11 is 0. The van der Waals surface area contributed by atoms with E-state index in [2.05, 4.69) is 19.1 Å². The molecule has 16 heavy (non-hydrogen) atoms. The van der Waals surface area contributed by atoms with Crippen LogP contribution in [-0.2, 0) is 14.3 Å². The Morgan fingerprint density at radius 3 is 3.00 bits per heavy atom. The van der Waals surface area contributed by atoms with E-state index in [1.54, 1.807) is 0 Å². The number of fused-ring (bicyclic) bond motifs is 1. The van der Waals surface area contributed by atoms with Crippen molar-refractivity contribution in [2.24, 2.45) is 11.3 Å². The van der Waals surface area contributed by atoms with Crippen molar-refractivity contribution in [3.8, 4) is 0 Å². The van der Waals surface area contributed by atoms with Gasteiger partial charge < -0.3 is 4.74 Å². The number of Topliss-reactive ketones (excluding diaryl/α,β-unsaturated/α-hetero) is 1. The Bertz CT molecular complexity index is 332. The largest absolute Gasteiger partial charge is 0.465 e. The van der Waals surface area contributed by atoms with Crippen molar-refractivity contribution >= 4 is 11.8 Å². The predicted octanol–water partition coefficient (Wildman–Crippen LogP) is 2.26. The smallest absolute Gasteiger partial charge is 0.306 e. The normalized spacial score (nSPS) is 34.2. The standard InChI is InChI=1S/C13H18O3/c1-2-3-4-7-13-9-16-12(15)8-10(13)5-6-11(13)14/h3-4,10H,2,5-9H2,1H3/b4-3-/t10-,13+/m1/s1. The van der Waals surface area contributed by atoms with Crippen LogP contribution in [-0.4, -0.2) is 18.4 Å². The third-order valence-electron chi connectivity index (χ3n) is 3.84. The molecule has 1 aliphatic heterocycles. The van der Waals surface area contributed by atoms with Crippen molar-refractivity contribution in [1.82, 2.24) is 0 Å². The number of allylic oxidation sites excluding steroid dienone is 2. The van der Waals surface area contributed by atoms with E-state index in [4.69, 9.17) is 4.74 Å². The number of hydrogen-bond donors (Lipinski definition) is 0. The number of rotatable bonds is 3. The molecule has 1 saturated heterocycles. The molecule has 2 aliphatic rings. The van der Waals surface area contributed by atoms with Gasteiger partial charge in [-0.3, -0.25) is 9.59 Å². The Kier molecular flexibility index (Phi) is 3.13. The van der Waals surface area contributed by atoms with Crippen LogP contribution in [0.4, 0.5) is 0 Å². The first kappa shape index (κ1) is 11.4. The fourth-order valence-corrected chi connectivity index (χ4v) is 2.82. The highest BCUT2D eigenvalue weighted by atomic mass is 16.5. The van der Waals surface area contributed by atoms with Crippen molar-refractivity contribution in [1.29, 1.82) is 0 Å². The molecule has 2 rings (SSSR count). The van der Waals surface area contributed by atoms with Crippen LogP contribution >= 0.6 is 0 Å². The summed E-state index contributed by atoms with van der Waals surface area (Å²) in [6, 6.07) is 0. The molecule has 0 N–H and O–H groups in total. The van der Waals surface area contributed by atoms with Gasteiger partial charge >= 0.3 is 5.97 Å². The number of hydrogen-bond acceptors (Lipinski definition) is 3. The molecule has 0 aromatic rings. The number of carbonyl (C=O) groups excluding carboxylic acids is 2. The van der Waals surface area contributed by atoms with E-state index >= 15 is 0 Å². The topological polar surface area (TPSA) is 43.4 Å². The lowest BCUT2D eigenvalue weighted by atomic mass is 9.72. The van der Waals surface area contributed by atoms with Gasteiger partial charge in [0.05, 0.1) is 5.41 Å². The minimum absolute atomic E-state index is 0.144. The summed E-state index contributed by atoms with van der Waals surface area (Å²) in [5.41, 5.74) is -0.389. The minimum Gasteiger partial charge on any atom is -0.465 e. The molecule has 0 spiro atoms. The van der Waals surface area contributed by atoms with Gasteiger partial charge in [-0.1, -0.05) is 19.1 Å². The van der Waals surface area contributed by atoms with Crippen molar-refractivity contribution < 1.29 is 14.3 Å². The van der Waals surface area contributed by atoms with E-state index < -0.39 is 0 Å². The van der Waals surface area contributed by atoms with Gasteiger partial charge in [0.1, 0.15) is 12.4 Å². The van der Waals surface area contributed by atoms with Gasteiger partial charge in [-0.15, -0.1) is 0 Å². The van der Waals surface area contributed by atoms with Crippen LogP contribution in [0.5, 0.6) is 0 Å². The van der Waals surface area contributed by atoms with Crippen LogP contribution in [0.25, 0.3) is 0 Å². The fourth-order valence-electron chi connectivity index (χ4n) is 2.82. The summed E-state index contributed by atoms with van der Waals surface area (Å²) < 4.78 is 5.10. The second-order valence-corrected chi connectivity index (χ2v) is 4.76. The van der Waals surface area contributed by atoms with Crippen molar-refractivity contribution in [3.63, 3.8) is 0 Å². The molecule has 0 aromatic heterocycles. The molecule has 3 nitrogen and oxygen atoms in total. The van der Waals surface area contributed by atoms with Crippen LogP contribution in [0.3, 0.4) is 0 Å². The molecule has 2 atom stereocenters. The second-order valence-electron chi connectivity index (χ2n) is 4.76. The van der Waals surface area contributed by atoms with Crippen LogP contribution < -0.4 is 0 Å². The number of cyclic esters (lactones) is 1. The zero-order valence-electron chi connectivity index (χ0n) is 9.70. The molecule has 2 fully saturated rings. The molecule has 0 unspecified atom stereocenters. The third-order valence-corrected chi connectivity index (χ3v) is 3.84. The summed E-state index contributed by atoms with van der Waals surface area (Å²) in [7, 11) is 0. The zero-order chi connectivity index (χ0) is 11.6. The highest BCUT2D eigenvalue weighted by Crippen LogP contribution is 2.48. The number of ketones is 1. The Morgan fingerprint density at radius 1 is 1.44 bits per heavy atom. The Labute approximate surface area is 95.9 Å². The van der Waals surface area contributed by atoms with E-state index in [0.717, 1.165) is 19.3 Å². The lowest BCUT2D eigenvalue weighted by Crippen LogP contribution is -2.42. The summed E-state index contributed by atoms with van der Waals surface area (Å²) in [6.07, 6.45) is 7.75. The molecule has 88 valence electrons. The minimum atomic E-state index is -0.389. The first-order valence-electron chi connectivity index (χ1n) is 6.03. The molecular formula is C13H18O3. The monoisotopic (exact) mass is 222 g/mol. The van der Waals surface area contributed by atoms with E-state index in [-0.39, 0.29) is 23.1 Å². The summed E-state index contributed by atoms with van der Waals surface area (Å²) in [6.45, 7) is 2.37. The zero-order valence-corrected chi connectivity index (χ0v) is 9.70. The third kappa shape index (κ3) is 1.79. The van der Waals surface area contributed by atoms with Crippen LogP contribution in [0.15, 0.2) is 12.2 Å². The molecule has 0 radical (unpaired) electrons. The molecule has 1 saturated carbocycles. The first-order chi connectivity index (χ1) is 7.69. The van der Waals surface area contributed by atoms with Gasteiger partial charge in [0.2, 0.25) is 0 Å². The predicted molar refractivity (Wildman–Crippen MR) is 59.8 cm³/mol. The lowest BCUT2D eigenvalue weighted by molar-refractivity contribution is -0.160. The van der Waals surface area contributed by atoms with Crippen molar-refractivity contribution in [3.05, 3.63) is 12.2 Å². The van der Waals surface area contributed by atoms with Gasteiger partial charge in [0.25, 0.3) is 0 Å². The highest BCUT2D eigenvalue weighted by molar-refractivity contribution is 5.89. The maximum absolute atomic E-state index is 12.0. The summed E-state index contributed by atoms with van der Waals surface area (Å²) in [5, 5.41) is 0. The molecule has 0 amide bonds. The average molecular weight is 222 g/mol. The van der Waals surface area contributed by atoms with E-state index in [9.17, 15) is 9.59 Å². The van der Waals surface area contributed by atoms with E-state index in [1.165, 1.54) is 0 Å². The van der Waals surface area contributed by atoms with Crippen LogP contribution in [0.2, 0.25) is 0 Å². The fraction of sp³-hybridized carbons (Fsp3) is 0.692. The molecule has 0 aromatic carbocycles. The number of carbonyl (C=O) groups is 2. The van der Waals surface area contributed by atoms with Crippen molar-refractivity contribution in [2.45, 2.75) is 39.0 Å². The van der Waals surface area contributed by atoms with Gasteiger partial charge in [-0.05, 0) is 25.2 Å². The number of esters is 1. The molecule has 1 heterocycles. The Hall–Kier alpha value is -1.12. The SMILES string of the molecule is CC/C=C\C[C@]12COC(=O)C[C@H]1CCC2=O. The van der Waals surface area contributed by atoms with E-state index in [0.29, 0.717) is 19.4 Å². The van der Waals surface area contributed by atoms with Gasteiger partial charge in [-0.25, -0.2) is 0 Å². The molecule has 1 aliphatic carbocycles.